The van der Waals surface area contributed by atoms with Gasteiger partial charge in [0, 0.05) is 17.0 Å². The number of carbonyl (C=O) groups excluding carboxylic acids is 1. The molecule has 0 bridgehead atoms. The van der Waals surface area contributed by atoms with Crippen LogP contribution in [0.5, 0.6) is 0 Å². The highest BCUT2D eigenvalue weighted by atomic mass is 35.5. The maximum Gasteiger partial charge on any atom is 0.162 e. The topological polar surface area (TPSA) is 17.1 Å². The largest absolute Gasteiger partial charge is 0.294 e. The third-order valence-corrected chi connectivity index (χ3v) is 2.61. The van der Waals surface area contributed by atoms with Gasteiger partial charge in [-0.3, -0.25) is 4.79 Å². The molecular weight excluding hydrogens is 196 g/mol. The van der Waals surface area contributed by atoms with Crippen LogP contribution in [0.25, 0.3) is 0 Å². The van der Waals surface area contributed by atoms with Crippen LogP contribution in [-0.2, 0) is 0 Å². The summed E-state index contributed by atoms with van der Waals surface area (Å²) in [6, 6.07) is 5.50. The molecule has 0 amide bonds. The number of halogens is 1. The molecular formula is C12H15ClO. The van der Waals surface area contributed by atoms with Crippen LogP contribution in [0.3, 0.4) is 0 Å². The van der Waals surface area contributed by atoms with Crippen molar-refractivity contribution in [2.24, 2.45) is 0 Å². The van der Waals surface area contributed by atoms with Gasteiger partial charge in [-0.25, -0.2) is 0 Å². The van der Waals surface area contributed by atoms with Crippen molar-refractivity contribution >= 4 is 17.4 Å². The Balaban J connectivity index is 3.13. The minimum Gasteiger partial charge on any atom is -0.294 e. The summed E-state index contributed by atoms with van der Waals surface area (Å²) >= 11 is 6.03. The lowest BCUT2D eigenvalue weighted by molar-refractivity contribution is 0.0988. The van der Waals surface area contributed by atoms with E-state index < -0.39 is 0 Å². The van der Waals surface area contributed by atoms with Crippen LogP contribution in [0.15, 0.2) is 18.2 Å². The van der Waals surface area contributed by atoms with Gasteiger partial charge in [-0.15, -0.1) is 0 Å². The summed E-state index contributed by atoms with van der Waals surface area (Å²) < 4.78 is 0. The highest BCUT2D eigenvalue weighted by Gasteiger charge is 2.09. The minimum absolute atomic E-state index is 0.170. The van der Waals surface area contributed by atoms with Gasteiger partial charge in [0.1, 0.15) is 0 Å². The van der Waals surface area contributed by atoms with E-state index in [9.17, 15) is 4.79 Å². The number of rotatable bonds is 3. The average Bonchev–Trinajstić information content (AvgIpc) is 2.17. The van der Waals surface area contributed by atoms with E-state index in [1.165, 1.54) is 0 Å². The summed E-state index contributed by atoms with van der Waals surface area (Å²) in [6.45, 7) is 6.01. The smallest absolute Gasteiger partial charge is 0.162 e. The van der Waals surface area contributed by atoms with E-state index in [0.717, 1.165) is 16.1 Å². The first-order valence-electron chi connectivity index (χ1n) is 4.89. The van der Waals surface area contributed by atoms with Crippen molar-refractivity contribution in [2.45, 2.75) is 33.1 Å². The minimum atomic E-state index is 0.170. The van der Waals surface area contributed by atoms with E-state index in [4.69, 9.17) is 11.6 Å². The molecule has 0 aliphatic carbocycles. The van der Waals surface area contributed by atoms with Crippen molar-refractivity contribution in [3.63, 3.8) is 0 Å². The summed E-state index contributed by atoms with van der Waals surface area (Å²) in [5, 5.41) is 0.743. The molecule has 0 unspecified atom stereocenters. The van der Waals surface area contributed by atoms with Crippen molar-refractivity contribution in [1.82, 2.24) is 0 Å². The molecule has 1 aromatic carbocycles. The molecule has 0 aromatic heterocycles. The Morgan fingerprint density at radius 1 is 1.43 bits per heavy atom. The normalized spacial score (nSPS) is 10.6. The van der Waals surface area contributed by atoms with Crippen molar-refractivity contribution in [2.75, 3.05) is 0 Å². The first-order valence-corrected chi connectivity index (χ1v) is 5.26. The van der Waals surface area contributed by atoms with Crippen LogP contribution in [0.2, 0.25) is 5.02 Å². The van der Waals surface area contributed by atoms with Gasteiger partial charge >= 0.3 is 0 Å². The fraction of sp³-hybridized carbons (Fsp3) is 0.417. The molecule has 14 heavy (non-hydrogen) atoms. The van der Waals surface area contributed by atoms with E-state index in [1.807, 2.05) is 13.0 Å². The number of carbonyl (C=O) groups is 1. The molecule has 0 saturated heterocycles. The Morgan fingerprint density at radius 2 is 2.07 bits per heavy atom. The lowest BCUT2D eigenvalue weighted by Gasteiger charge is -2.09. The fourth-order valence-electron chi connectivity index (χ4n) is 1.36. The van der Waals surface area contributed by atoms with Crippen LogP contribution in [0, 0.1) is 0 Å². The highest BCUT2D eigenvalue weighted by Crippen LogP contribution is 2.25. The molecule has 0 heterocycles. The Morgan fingerprint density at radius 3 is 2.57 bits per heavy atom. The summed E-state index contributed by atoms with van der Waals surface area (Å²) in [4.78, 5) is 11.5. The molecule has 1 rings (SSSR count). The predicted octanol–water partition coefficient (Wildman–Crippen LogP) is 4.06. The maximum atomic E-state index is 11.5. The zero-order chi connectivity index (χ0) is 10.7. The van der Waals surface area contributed by atoms with Gasteiger partial charge in [0.05, 0.1) is 0 Å². The van der Waals surface area contributed by atoms with Gasteiger partial charge in [-0.1, -0.05) is 32.4 Å². The second-order valence-corrected chi connectivity index (χ2v) is 4.07. The lowest BCUT2D eigenvalue weighted by Crippen LogP contribution is -1.99. The van der Waals surface area contributed by atoms with E-state index in [2.05, 4.69) is 13.8 Å². The van der Waals surface area contributed by atoms with Crippen LogP contribution < -0.4 is 0 Å². The van der Waals surface area contributed by atoms with Gasteiger partial charge in [0.25, 0.3) is 0 Å². The van der Waals surface area contributed by atoms with Crippen molar-refractivity contribution in [3.05, 3.63) is 34.3 Å². The van der Waals surface area contributed by atoms with E-state index in [-0.39, 0.29) is 5.78 Å². The number of hydrogen-bond donors (Lipinski definition) is 0. The predicted molar refractivity (Wildman–Crippen MR) is 60.2 cm³/mol. The summed E-state index contributed by atoms with van der Waals surface area (Å²) in [7, 11) is 0. The zero-order valence-corrected chi connectivity index (χ0v) is 9.56. The quantitative estimate of drug-likeness (QED) is 0.688. The van der Waals surface area contributed by atoms with Gasteiger partial charge < -0.3 is 0 Å². The number of hydrogen-bond acceptors (Lipinski definition) is 1. The molecule has 0 radical (unpaired) electrons. The standard InChI is InChI=1S/C12H15ClO/c1-4-12(14)9-5-6-11(13)10(7-9)8(2)3/h5-8H,4H2,1-3H3. The molecule has 1 aromatic rings. The van der Waals surface area contributed by atoms with Gasteiger partial charge in [-0.05, 0) is 29.7 Å². The summed E-state index contributed by atoms with van der Waals surface area (Å²) in [5.41, 5.74) is 1.81. The Bertz CT molecular complexity index is 342. The second kappa shape index (κ2) is 4.61. The van der Waals surface area contributed by atoms with Gasteiger partial charge in [0.15, 0.2) is 5.78 Å². The number of benzene rings is 1. The van der Waals surface area contributed by atoms with E-state index in [1.54, 1.807) is 12.1 Å². The molecule has 0 aliphatic rings. The first-order chi connectivity index (χ1) is 6.56. The van der Waals surface area contributed by atoms with Crippen LogP contribution in [0.1, 0.15) is 49.0 Å². The van der Waals surface area contributed by atoms with Crippen molar-refractivity contribution in [1.29, 1.82) is 0 Å². The van der Waals surface area contributed by atoms with Gasteiger partial charge in [-0.2, -0.15) is 0 Å². The van der Waals surface area contributed by atoms with Crippen LogP contribution in [0.4, 0.5) is 0 Å². The third-order valence-electron chi connectivity index (χ3n) is 2.26. The van der Waals surface area contributed by atoms with Crippen LogP contribution in [-0.4, -0.2) is 5.78 Å². The molecule has 0 spiro atoms. The Labute approximate surface area is 90.1 Å². The molecule has 0 aliphatic heterocycles. The molecule has 1 nitrogen and oxygen atoms in total. The molecule has 0 atom stereocenters. The maximum absolute atomic E-state index is 11.5. The third kappa shape index (κ3) is 2.36. The second-order valence-electron chi connectivity index (χ2n) is 3.67. The molecule has 0 saturated carbocycles. The lowest BCUT2D eigenvalue weighted by atomic mass is 9.98. The Hall–Kier alpha value is -0.820. The van der Waals surface area contributed by atoms with Crippen LogP contribution >= 0.6 is 11.6 Å². The molecule has 2 heteroatoms. The molecule has 0 N–H and O–H groups in total. The number of ketones is 1. The van der Waals surface area contributed by atoms with E-state index >= 15 is 0 Å². The average molecular weight is 211 g/mol. The first kappa shape index (κ1) is 11.3. The molecule has 76 valence electrons. The monoisotopic (exact) mass is 210 g/mol. The van der Waals surface area contributed by atoms with Crippen molar-refractivity contribution in [3.8, 4) is 0 Å². The zero-order valence-electron chi connectivity index (χ0n) is 8.80. The SMILES string of the molecule is CCC(=O)c1ccc(Cl)c(C(C)C)c1. The number of Topliss-reactive ketones (excluding diaryl/α,β-unsaturated/α-hetero) is 1. The fourth-order valence-corrected chi connectivity index (χ4v) is 1.70. The van der Waals surface area contributed by atoms with Gasteiger partial charge in [0.2, 0.25) is 0 Å². The van der Waals surface area contributed by atoms with E-state index in [0.29, 0.717) is 12.3 Å². The molecule has 0 fully saturated rings. The highest BCUT2D eigenvalue weighted by molar-refractivity contribution is 6.31. The Kier molecular flexibility index (Phi) is 3.70. The summed E-state index contributed by atoms with van der Waals surface area (Å²) in [5.74, 6) is 0.524. The summed E-state index contributed by atoms with van der Waals surface area (Å²) in [6.07, 6.45) is 0.541. The van der Waals surface area contributed by atoms with Crippen molar-refractivity contribution < 1.29 is 4.79 Å².